The van der Waals surface area contributed by atoms with Crippen molar-refractivity contribution in [2.24, 2.45) is 10.7 Å². The molecule has 44 heavy (non-hydrogen) atoms. The molecule has 4 heteroatoms. The van der Waals surface area contributed by atoms with Crippen molar-refractivity contribution in [3.8, 4) is 16.8 Å². The molecular formula is C40H32N4. The van der Waals surface area contributed by atoms with Gasteiger partial charge in [0.1, 0.15) is 0 Å². The monoisotopic (exact) mass is 568 g/mol. The molecule has 3 N–H and O–H groups in total. The number of fused-ring (bicyclic) bond motifs is 3. The van der Waals surface area contributed by atoms with E-state index >= 15 is 0 Å². The number of hydrogen-bond acceptors (Lipinski definition) is 3. The fourth-order valence-corrected chi connectivity index (χ4v) is 5.79. The minimum absolute atomic E-state index is 0.424. The lowest BCUT2D eigenvalue weighted by atomic mass is 10.00. The zero-order chi connectivity index (χ0) is 29.7. The standard InChI is InChI=1S/C40H32N4/c41-26-32(30-14-4-1-5-15-30)28-42-27-29-13-12-18-33(23-29)43-38-25-40-37(24-36(38)31-16-6-2-7-17-31)35-21-10-11-22-39(35)44(40)34-19-8-3-9-20-34/h1-25,27-28,43H,26,41H2/b32-28+,42-27?. The Balaban J connectivity index is 1.31. The van der Waals surface area contributed by atoms with Crippen molar-refractivity contribution < 1.29 is 0 Å². The quantitative estimate of drug-likeness (QED) is 0.179. The van der Waals surface area contributed by atoms with Crippen LogP contribution in [0.3, 0.4) is 0 Å². The lowest BCUT2D eigenvalue weighted by Crippen LogP contribution is -2.01. The third kappa shape index (κ3) is 5.42. The minimum Gasteiger partial charge on any atom is -0.355 e. The lowest BCUT2D eigenvalue weighted by Gasteiger charge is -2.15. The minimum atomic E-state index is 0.424. The van der Waals surface area contributed by atoms with Crippen LogP contribution in [0.4, 0.5) is 11.4 Å². The molecule has 0 aliphatic heterocycles. The predicted octanol–water partition coefficient (Wildman–Crippen LogP) is 9.61. The number of hydrogen-bond donors (Lipinski definition) is 2. The van der Waals surface area contributed by atoms with E-state index in [1.165, 1.54) is 16.3 Å². The number of rotatable bonds is 8. The first kappa shape index (κ1) is 27.1. The van der Waals surface area contributed by atoms with Gasteiger partial charge in [0.05, 0.1) is 11.0 Å². The second-order valence-corrected chi connectivity index (χ2v) is 10.7. The molecule has 0 fully saturated rings. The van der Waals surface area contributed by atoms with Gasteiger partial charge in [0.15, 0.2) is 0 Å². The Bertz CT molecular complexity index is 2110. The fourth-order valence-electron chi connectivity index (χ4n) is 5.79. The topological polar surface area (TPSA) is 55.3 Å². The molecule has 0 saturated heterocycles. The first-order valence-electron chi connectivity index (χ1n) is 14.8. The van der Waals surface area contributed by atoms with E-state index < -0.39 is 0 Å². The molecule has 0 aliphatic rings. The van der Waals surface area contributed by atoms with Crippen molar-refractivity contribution in [3.05, 3.63) is 169 Å². The van der Waals surface area contributed by atoms with Gasteiger partial charge >= 0.3 is 0 Å². The van der Waals surface area contributed by atoms with Gasteiger partial charge in [-0.05, 0) is 64.7 Å². The lowest BCUT2D eigenvalue weighted by molar-refractivity contribution is 1.18. The molecule has 0 aliphatic carbocycles. The summed E-state index contributed by atoms with van der Waals surface area (Å²) >= 11 is 0. The summed E-state index contributed by atoms with van der Waals surface area (Å²) in [6.07, 6.45) is 3.72. The van der Waals surface area contributed by atoms with Gasteiger partial charge in [-0.2, -0.15) is 0 Å². The SMILES string of the molecule is NC/C(=C\N=Cc1cccc(Nc2cc3c(cc2-c2ccccc2)c2ccccc2n3-c2ccccc2)c1)c1ccccc1. The molecule has 0 bridgehead atoms. The van der Waals surface area contributed by atoms with Crippen LogP contribution in [0.25, 0.3) is 44.2 Å². The van der Waals surface area contributed by atoms with Crippen LogP contribution in [0, 0.1) is 0 Å². The van der Waals surface area contributed by atoms with Crippen molar-refractivity contribution in [1.29, 1.82) is 0 Å². The molecule has 1 aromatic heterocycles. The third-order valence-corrected chi connectivity index (χ3v) is 7.90. The molecule has 4 nitrogen and oxygen atoms in total. The summed E-state index contributed by atoms with van der Waals surface area (Å²) < 4.78 is 2.35. The fraction of sp³-hybridized carbons (Fsp3) is 0.0250. The predicted molar refractivity (Wildman–Crippen MR) is 187 cm³/mol. The highest BCUT2D eigenvalue weighted by Gasteiger charge is 2.16. The Kier molecular flexibility index (Phi) is 7.56. The van der Waals surface area contributed by atoms with E-state index in [2.05, 4.69) is 148 Å². The average Bonchev–Trinajstić information content (AvgIpc) is 3.41. The van der Waals surface area contributed by atoms with Gasteiger partial charge in [-0.1, -0.05) is 109 Å². The molecule has 0 spiro atoms. The van der Waals surface area contributed by atoms with Gasteiger partial charge in [0.2, 0.25) is 0 Å². The Morgan fingerprint density at radius 3 is 2.14 bits per heavy atom. The normalized spacial score (nSPS) is 11.9. The first-order valence-corrected chi connectivity index (χ1v) is 14.8. The summed E-state index contributed by atoms with van der Waals surface area (Å²) in [4.78, 5) is 4.61. The van der Waals surface area contributed by atoms with Crippen molar-refractivity contribution in [2.45, 2.75) is 0 Å². The number of nitrogens with one attached hydrogen (secondary N) is 1. The van der Waals surface area contributed by atoms with Crippen molar-refractivity contribution in [2.75, 3.05) is 11.9 Å². The Morgan fingerprint density at radius 1 is 0.659 bits per heavy atom. The maximum Gasteiger partial charge on any atom is 0.0562 e. The summed E-state index contributed by atoms with van der Waals surface area (Å²) in [5.74, 6) is 0. The molecule has 212 valence electrons. The Morgan fingerprint density at radius 2 is 1.36 bits per heavy atom. The van der Waals surface area contributed by atoms with Crippen LogP contribution in [0.5, 0.6) is 0 Å². The van der Waals surface area contributed by atoms with Crippen LogP contribution in [-0.2, 0) is 0 Å². The van der Waals surface area contributed by atoms with Crippen LogP contribution < -0.4 is 11.1 Å². The number of benzene rings is 6. The molecule has 0 atom stereocenters. The number of anilines is 2. The maximum atomic E-state index is 6.01. The van der Waals surface area contributed by atoms with Gasteiger partial charge in [0, 0.05) is 52.4 Å². The maximum absolute atomic E-state index is 6.01. The van der Waals surface area contributed by atoms with Crippen molar-refractivity contribution in [3.63, 3.8) is 0 Å². The third-order valence-electron chi connectivity index (χ3n) is 7.90. The summed E-state index contributed by atoms with van der Waals surface area (Å²) in [6, 6.07) is 52.8. The second-order valence-electron chi connectivity index (χ2n) is 10.7. The van der Waals surface area contributed by atoms with E-state index in [4.69, 9.17) is 5.73 Å². The molecule has 0 saturated carbocycles. The smallest absolute Gasteiger partial charge is 0.0562 e. The number of nitrogens with two attached hydrogens (primary N) is 1. The summed E-state index contributed by atoms with van der Waals surface area (Å²) in [7, 11) is 0. The van der Waals surface area contributed by atoms with Crippen LogP contribution in [0.15, 0.2) is 163 Å². The summed E-state index contributed by atoms with van der Waals surface area (Å²) in [5, 5.41) is 6.20. The molecule has 0 amide bonds. The molecule has 1 heterocycles. The molecule has 7 aromatic rings. The average molecular weight is 569 g/mol. The number of aliphatic imine (C=N–C) groups is 1. The zero-order valence-electron chi connectivity index (χ0n) is 24.3. The van der Waals surface area contributed by atoms with Crippen LogP contribution in [0.2, 0.25) is 0 Å². The number of nitrogens with zero attached hydrogens (tertiary/aromatic N) is 2. The van der Waals surface area contributed by atoms with E-state index in [-0.39, 0.29) is 0 Å². The van der Waals surface area contributed by atoms with Crippen LogP contribution >= 0.6 is 0 Å². The number of para-hydroxylation sites is 2. The highest BCUT2D eigenvalue weighted by molar-refractivity contribution is 6.12. The highest BCUT2D eigenvalue weighted by Crippen LogP contribution is 2.40. The van der Waals surface area contributed by atoms with E-state index in [0.29, 0.717) is 6.54 Å². The van der Waals surface area contributed by atoms with E-state index in [0.717, 1.165) is 50.4 Å². The summed E-state index contributed by atoms with van der Waals surface area (Å²) in [5.41, 5.74) is 16.9. The number of aromatic nitrogens is 1. The van der Waals surface area contributed by atoms with Gasteiger partial charge in [-0.15, -0.1) is 0 Å². The van der Waals surface area contributed by atoms with E-state index in [1.54, 1.807) is 0 Å². The largest absolute Gasteiger partial charge is 0.355 e. The van der Waals surface area contributed by atoms with Crippen LogP contribution in [-0.4, -0.2) is 17.3 Å². The van der Waals surface area contributed by atoms with Crippen molar-refractivity contribution in [1.82, 2.24) is 4.57 Å². The summed E-state index contributed by atoms with van der Waals surface area (Å²) in [6.45, 7) is 0.424. The molecular weight excluding hydrogens is 536 g/mol. The van der Waals surface area contributed by atoms with E-state index in [1.807, 2.05) is 30.6 Å². The van der Waals surface area contributed by atoms with Gasteiger partial charge in [-0.3, -0.25) is 4.99 Å². The van der Waals surface area contributed by atoms with Crippen LogP contribution in [0.1, 0.15) is 11.1 Å². The highest BCUT2D eigenvalue weighted by atomic mass is 15.0. The van der Waals surface area contributed by atoms with Gasteiger partial charge < -0.3 is 15.6 Å². The Labute approximate surface area is 257 Å². The second kappa shape index (κ2) is 12.3. The Hall–Kier alpha value is -5.71. The van der Waals surface area contributed by atoms with Gasteiger partial charge in [-0.25, -0.2) is 0 Å². The van der Waals surface area contributed by atoms with E-state index in [9.17, 15) is 0 Å². The zero-order valence-corrected chi connectivity index (χ0v) is 24.3. The molecule has 0 unspecified atom stereocenters. The first-order chi connectivity index (χ1) is 21.8. The molecule has 0 radical (unpaired) electrons. The van der Waals surface area contributed by atoms with Crippen molar-refractivity contribution >= 4 is 45.0 Å². The molecule has 6 aromatic carbocycles. The molecule has 7 rings (SSSR count). The van der Waals surface area contributed by atoms with Gasteiger partial charge in [0.25, 0.3) is 0 Å².